The van der Waals surface area contributed by atoms with Crippen LogP contribution >= 0.6 is 0 Å². The van der Waals surface area contributed by atoms with Gasteiger partial charge in [0.1, 0.15) is 11.5 Å². The number of methoxy groups -OCH3 is 2. The molecule has 0 saturated carbocycles. The van der Waals surface area contributed by atoms with Gasteiger partial charge in [-0.3, -0.25) is 0 Å². The lowest BCUT2D eigenvalue weighted by atomic mass is 10.00. The zero-order valence-electron chi connectivity index (χ0n) is 14.2. The quantitative estimate of drug-likeness (QED) is 0.804. The maximum Gasteiger partial charge on any atom is 0.335 e. The molecule has 0 amide bonds. The Kier molecular flexibility index (Phi) is 5.05. The molecule has 130 valence electrons. The molecule has 0 radical (unpaired) electrons. The molecule has 1 heterocycles. The van der Waals surface area contributed by atoms with Crippen LogP contribution in [0.1, 0.15) is 39.6 Å². The fraction of sp³-hybridized carbons (Fsp3) is 0.250. The van der Waals surface area contributed by atoms with Crippen LogP contribution in [0.5, 0.6) is 11.5 Å². The van der Waals surface area contributed by atoms with E-state index in [1.807, 2.05) is 30.4 Å². The summed E-state index contributed by atoms with van der Waals surface area (Å²) in [4.78, 5) is 11.0. The summed E-state index contributed by atoms with van der Waals surface area (Å²) in [5.74, 6) is 0.343. The van der Waals surface area contributed by atoms with Crippen molar-refractivity contribution >= 4 is 18.1 Å². The average Bonchev–Trinajstić information content (AvgIpc) is 2.59. The second-order valence-corrected chi connectivity index (χ2v) is 5.74. The average molecular weight is 340 g/mol. The number of aromatic carboxylic acids is 1. The Hall–Kier alpha value is -2.79. The summed E-state index contributed by atoms with van der Waals surface area (Å²) < 4.78 is 16.3. The Balaban J connectivity index is 1.85. The normalized spacial score (nSPS) is 16.5. The van der Waals surface area contributed by atoms with E-state index in [4.69, 9.17) is 19.3 Å². The first kappa shape index (κ1) is 17.0. The zero-order chi connectivity index (χ0) is 17.8. The predicted molar refractivity (Wildman–Crippen MR) is 95.2 cm³/mol. The molecule has 25 heavy (non-hydrogen) atoms. The summed E-state index contributed by atoms with van der Waals surface area (Å²) in [5.41, 5.74) is 3.04. The van der Waals surface area contributed by atoms with Crippen LogP contribution in [0.4, 0.5) is 0 Å². The van der Waals surface area contributed by atoms with Gasteiger partial charge in [0.05, 0.1) is 32.5 Å². The highest BCUT2D eigenvalue weighted by molar-refractivity contribution is 5.89. The zero-order valence-corrected chi connectivity index (χ0v) is 14.2. The molecule has 3 rings (SSSR count). The number of carboxylic acids is 1. The molecule has 0 bridgehead atoms. The van der Waals surface area contributed by atoms with Crippen molar-refractivity contribution in [2.24, 2.45) is 0 Å². The van der Waals surface area contributed by atoms with Gasteiger partial charge in [0, 0.05) is 17.5 Å². The standard InChI is InChI=1S/C20H20O5/c1-23-18-12-15(20(21)22)7-6-14(18)5-3-13-4-8-16(17-9-10-25-17)19(11-13)24-2/h3-8,11-12,17H,9-10H2,1-2H3,(H,21,22). The number of ether oxygens (including phenoxy) is 3. The lowest BCUT2D eigenvalue weighted by Crippen LogP contribution is -2.18. The highest BCUT2D eigenvalue weighted by Gasteiger charge is 2.23. The van der Waals surface area contributed by atoms with E-state index >= 15 is 0 Å². The Morgan fingerprint density at radius 3 is 2.48 bits per heavy atom. The van der Waals surface area contributed by atoms with Crippen molar-refractivity contribution in [3.63, 3.8) is 0 Å². The van der Waals surface area contributed by atoms with Crippen molar-refractivity contribution < 1.29 is 24.1 Å². The fourth-order valence-corrected chi connectivity index (χ4v) is 2.75. The number of hydrogen-bond acceptors (Lipinski definition) is 4. The van der Waals surface area contributed by atoms with Gasteiger partial charge in [-0.1, -0.05) is 30.4 Å². The van der Waals surface area contributed by atoms with E-state index in [0.717, 1.165) is 35.5 Å². The van der Waals surface area contributed by atoms with Gasteiger partial charge < -0.3 is 19.3 Å². The minimum absolute atomic E-state index is 0.122. The first-order chi connectivity index (χ1) is 12.1. The van der Waals surface area contributed by atoms with Crippen molar-refractivity contribution in [3.8, 4) is 11.5 Å². The summed E-state index contributed by atoms with van der Waals surface area (Å²) in [5, 5.41) is 9.06. The maximum atomic E-state index is 11.0. The van der Waals surface area contributed by atoms with Crippen LogP contribution in [0.25, 0.3) is 12.2 Å². The molecule has 2 aromatic rings. The van der Waals surface area contributed by atoms with Crippen molar-refractivity contribution in [3.05, 3.63) is 58.7 Å². The lowest BCUT2D eigenvalue weighted by molar-refractivity contribution is -0.0537. The summed E-state index contributed by atoms with van der Waals surface area (Å²) in [6.07, 6.45) is 4.96. The van der Waals surface area contributed by atoms with E-state index in [-0.39, 0.29) is 11.7 Å². The largest absolute Gasteiger partial charge is 0.496 e. The molecular weight excluding hydrogens is 320 g/mol. The Morgan fingerprint density at radius 2 is 1.88 bits per heavy atom. The molecule has 1 atom stereocenters. The van der Waals surface area contributed by atoms with E-state index in [2.05, 4.69) is 0 Å². The summed E-state index contributed by atoms with van der Waals surface area (Å²) >= 11 is 0. The van der Waals surface area contributed by atoms with Crippen molar-refractivity contribution in [1.29, 1.82) is 0 Å². The van der Waals surface area contributed by atoms with Gasteiger partial charge in [-0.25, -0.2) is 4.79 Å². The number of hydrogen-bond donors (Lipinski definition) is 1. The Labute approximate surface area is 146 Å². The van der Waals surface area contributed by atoms with Gasteiger partial charge >= 0.3 is 5.97 Å². The molecule has 5 nitrogen and oxygen atoms in total. The number of rotatable bonds is 6. The lowest BCUT2D eigenvalue weighted by Gasteiger charge is -2.28. The van der Waals surface area contributed by atoms with Gasteiger partial charge in [-0.2, -0.15) is 0 Å². The first-order valence-corrected chi connectivity index (χ1v) is 8.01. The van der Waals surface area contributed by atoms with Gasteiger partial charge in [0.2, 0.25) is 0 Å². The van der Waals surface area contributed by atoms with Crippen LogP contribution in [-0.4, -0.2) is 31.9 Å². The van der Waals surface area contributed by atoms with Crippen LogP contribution in [0, 0.1) is 0 Å². The van der Waals surface area contributed by atoms with Gasteiger partial charge in [0.25, 0.3) is 0 Å². The van der Waals surface area contributed by atoms with E-state index in [1.54, 1.807) is 19.2 Å². The third-order valence-electron chi connectivity index (χ3n) is 4.24. The molecule has 2 aromatic carbocycles. The monoisotopic (exact) mass is 340 g/mol. The minimum Gasteiger partial charge on any atom is -0.496 e. The summed E-state index contributed by atoms with van der Waals surface area (Å²) in [7, 11) is 3.17. The molecule has 5 heteroatoms. The van der Waals surface area contributed by atoms with Crippen LogP contribution in [0.2, 0.25) is 0 Å². The molecule has 1 saturated heterocycles. The van der Waals surface area contributed by atoms with Crippen LogP contribution in [0.3, 0.4) is 0 Å². The molecule has 0 aromatic heterocycles. The second kappa shape index (κ2) is 7.40. The van der Waals surface area contributed by atoms with E-state index in [9.17, 15) is 4.79 Å². The predicted octanol–water partition coefficient (Wildman–Crippen LogP) is 4.03. The topological polar surface area (TPSA) is 65.0 Å². The van der Waals surface area contributed by atoms with Gasteiger partial charge in [-0.15, -0.1) is 0 Å². The molecular formula is C20H20O5. The van der Waals surface area contributed by atoms with Gasteiger partial charge in [-0.05, 0) is 23.8 Å². The minimum atomic E-state index is -0.979. The third kappa shape index (κ3) is 3.67. The summed E-state index contributed by atoms with van der Waals surface area (Å²) in [6, 6.07) is 10.8. The highest BCUT2D eigenvalue weighted by atomic mass is 16.5. The molecule has 1 aliphatic heterocycles. The molecule has 0 spiro atoms. The highest BCUT2D eigenvalue weighted by Crippen LogP contribution is 2.36. The SMILES string of the molecule is COc1cc(C(=O)O)ccc1C=Cc1ccc(C2CCO2)c(OC)c1. The molecule has 1 fully saturated rings. The molecule has 1 aliphatic rings. The van der Waals surface area contributed by atoms with Crippen LogP contribution in [0.15, 0.2) is 36.4 Å². The summed E-state index contributed by atoms with van der Waals surface area (Å²) in [6.45, 7) is 0.793. The van der Waals surface area contributed by atoms with E-state index < -0.39 is 5.97 Å². The van der Waals surface area contributed by atoms with Crippen molar-refractivity contribution in [2.45, 2.75) is 12.5 Å². The second-order valence-electron chi connectivity index (χ2n) is 5.74. The first-order valence-electron chi connectivity index (χ1n) is 8.01. The molecule has 1 N–H and O–H groups in total. The number of carbonyl (C=O) groups is 1. The third-order valence-corrected chi connectivity index (χ3v) is 4.24. The van der Waals surface area contributed by atoms with Crippen molar-refractivity contribution in [1.82, 2.24) is 0 Å². The molecule has 0 aliphatic carbocycles. The fourth-order valence-electron chi connectivity index (χ4n) is 2.75. The maximum absolute atomic E-state index is 11.0. The Morgan fingerprint density at radius 1 is 1.12 bits per heavy atom. The van der Waals surface area contributed by atoms with Crippen LogP contribution in [-0.2, 0) is 4.74 Å². The number of carboxylic acid groups (broad SMARTS) is 1. The smallest absolute Gasteiger partial charge is 0.335 e. The van der Waals surface area contributed by atoms with Crippen molar-refractivity contribution in [2.75, 3.05) is 20.8 Å². The molecule has 1 unspecified atom stereocenters. The number of benzene rings is 2. The van der Waals surface area contributed by atoms with Crippen LogP contribution < -0.4 is 9.47 Å². The van der Waals surface area contributed by atoms with Gasteiger partial charge in [0.15, 0.2) is 0 Å². The van der Waals surface area contributed by atoms with E-state index in [1.165, 1.54) is 13.2 Å². The Bertz CT molecular complexity index is 806. The van der Waals surface area contributed by atoms with E-state index in [0.29, 0.717) is 5.75 Å².